The summed E-state index contributed by atoms with van der Waals surface area (Å²) < 4.78 is 16.9. The zero-order valence-electron chi connectivity index (χ0n) is 17.6. The Morgan fingerprint density at radius 3 is 2.64 bits per heavy atom. The molecule has 0 unspecified atom stereocenters. The van der Waals surface area contributed by atoms with Crippen LogP contribution in [0.5, 0.6) is 5.75 Å². The van der Waals surface area contributed by atoms with Crippen molar-refractivity contribution in [1.29, 1.82) is 0 Å². The molecule has 0 aliphatic heterocycles. The van der Waals surface area contributed by atoms with E-state index in [-0.39, 0.29) is 0 Å². The largest absolute Gasteiger partial charge is 0.491 e. The van der Waals surface area contributed by atoms with E-state index >= 15 is 0 Å². The van der Waals surface area contributed by atoms with Gasteiger partial charge >= 0.3 is 0 Å². The molecule has 2 rings (SSSR count). The Bertz CT molecular complexity index is 752. The van der Waals surface area contributed by atoms with Crippen LogP contribution in [0.3, 0.4) is 0 Å². The maximum Gasteiger partial charge on any atom is 0.214 e. The van der Waals surface area contributed by atoms with Gasteiger partial charge in [0.2, 0.25) is 5.89 Å². The molecule has 7 nitrogen and oxygen atoms in total. The lowest BCUT2D eigenvalue weighted by atomic mass is 10.1. The molecule has 2 aromatic rings. The molecule has 0 bridgehead atoms. The lowest BCUT2D eigenvalue weighted by molar-refractivity contribution is 0.110. The predicted molar refractivity (Wildman–Crippen MR) is 111 cm³/mol. The van der Waals surface area contributed by atoms with E-state index in [1.165, 1.54) is 0 Å². The molecule has 0 atom stereocenters. The molecule has 0 aliphatic rings. The number of aliphatic imine (C=N–C) groups is 1. The van der Waals surface area contributed by atoms with Crippen LogP contribution in [0.4, 0.5) is 0 Å². The molecule has 0 spiro atoms. The number of rotatable bonds is 10. The van der Waals surface area contributed by atoms with Crippen molar-refractivity contribution in [3.63, 3.8) is 0 Å². The minimum Gasteiger partial charge on any atom is -0.491 e. The number of nitrogens with zero attached hydrogens (tertiary/aromatic N) is 2. The summed E-state index contributed by atoms with van der Waals surface area (Å²) in [6.45, 7) is 13.4. The molecular weight excluding hydrogens is 356 g/mol. The first-order valence-corrected chi connectivity index (χ1v) is 9.78. The van der Waals surface area contributed by atoms with E-state index in [2.05, 4.69) is 39.7 Å². The van der Waals surface area contributed by atoms with Crippen LogP contribution in [0.25, 0.3) is 0 Å². The van der Waals surface area contributed by atoms with Crippen molar-refractivity contribution in [2.75, 3.05) is 26.4 Å². The summed E-state index contributed by atoms with van der Waals surface area (Å²) in [5.41, 5.74) is 3.09. The number of hydrogen-bond donors (Lipinski definition) is 2. The predicted octanol–water partition coefficient (Wildman–Crippen LogP) is 3.27. The van der Waals surface area contributed by atoms with Crippen LogP contribution >= 0.6 is 0 Å². The highest BCUT2D eigenvalue weighted by Gasteiger charge is 2.08. The third-order valence-electron chi connectivity index (χ3n) is 4.14. The van der Waals surface area contributed by atoms with Crippen molar-refractivity contribution >= 4 is 5.96 Å². The molecule has 0 fully saturated rings. The maximum atomic E-state index is 5.90. The van der Waals surface area contributed by atoms with Crippen LogP contribution in [-0.4, -0.2) is 37.3 Å². The van der Waals surface area contributed by atoms with Crippen molar-refractivity contribution in [2.45, 2.75) is 47.7 Å². The van der Waals surface area contributed by atoms with E-state index in [1.54, 1.807) is 0 Å². The van der Waals surface area contributed by atoms with E-state index in [1.807, 2.05) is 33.8 Å². The minimum absolute atomic E-state index is 0.478. The van der Waals surface area contributed by atoms with Crippen LogP contribution in [-0.2, 0) is 17.8 Å². The van der Waals surface area contributed by atoms with Gasteiger partial charge < -0.3 is 24.5 Å². The summed E-state index contributed by atoms with van der Waals surface area (Å²) in [6, 6.07) is 6.16. The molecule has 1 aromatic carbocycles. The topological polar surface area (TPSA) is 80.9 Å². The summed E-state index contributed by atoms with van der Waals surface area (Å²) in [5.74, 6) is 3.04. The SMILES string of the molecule is CCNC(=NCc1ccc(C)cc1OCCOCC)NCc1nc(C)c(C)o1. The molecular formula is C21H32N4O3. The average Bonchev–Trinajstić information content (AvgIpc) is 3.00. The fourth-order valence-electron chi connectivity index (χ4n) is 2.56. The quantitative estimate of drug-likeness (QED) is 0.369. The van der Waals surface area contributed by atoms with Crippen LogP contribution in [0, 0.1) is 20.8 Å². The molecule has 0 aliphatic carbocycles. The van der Waals surface area contributed by atoms with Crippen LogP contribution in [0.2, 0.25) is 0 Å². The summed E-state index contributed by atoms with van der Waals surface area (Å²) in [4.78, 5) is 9.07. The van der Waals surface area contributed by atoms with Gasteiger partial charge in [0.25, 0.3) is 0 Å². The smallest absolute Gasteiger partial charge is 0.214 e. The van der Waals surface area contributed by atoms with Gasteiger partial charge in [-0.3, -0.25) is 0 Å². The minimum atomic E-state index is 0.478. The van der Waals surface area contributed by atoms with Gasteiger partial charge in [0, 0.05) is 18.7 Å². The number of hydrogen-bond acceptors (Lipinski definition) is 5. The zero-order chi connectivity index (χ0) is 20.4. The van der Waals surface area contributed by atoms with E-state index < -0.39 is 0 Å². The van der Waals surface area contributed by atoms with Crippen molar-refractivity contribution in [3.8, 4) is 5.75 Å². The molecule has 1 heterocycles. The van der Waals surface area contributed by atoms with Crippen molar-refractivity contribution < 1.29 is 13.9 Å². The Kier molecular flexibility index (Phi) is 8.81. The molecule has 1 aromatic heterocycles. The van der Waals surface area contributed by atoms with Gasteiger partial charge in [0.05, 0.1) is 25.4 Å². The average molecular weight is 389 g/mol. The molecule has 2 N–H and O–H groups in total. The highest BCUT2D eigenvalue weighted by atomic mass is 16.5. The Morgan fingerprint density at radius 2 is 1.96 bits per heavy atom. The number of ether oxygens (including phenoxy) is 2. The first-order chi connectivity index (χ1) is 13.5. The zero-order valence-corrected chi connectivity index (χ0v) is 17.6. The second-order valence-corrected chi connectivity index (χ2v) is 6.45. The molecule has 7 heteroatoms. The molecule has 28 heavy (non-hydrogen) atoms. The summed E-state index contributed by atoms with van der Waals surface area (Å²) in [6.07, 6.45) is 0. The number of nitrogens with one attached hydrogen (secondary N) is 2. The molecule has 0 radical (unpaired) electrons. The number of aromatic nitrogens is 1. The molecule has 0 amide bonds. The first kappa shape index (κ1) is 21.8. The number of aryl methyl sites for hydroxylation is 3. The van der Waals surface area contributed by atoms with Crippen LogP contribution in [0.1, 0.15) is 42.3 Å². The van der Waals surface area contributed by atoms with Crippen LogP contribution < -0.4 is 15.4 Å². The van der Waals surface area contributed by atoms with Gasteiger partial charge in [-0.1, -0.05) is 12.1 Å². The highest BCUT2D eigenvalue weighted by molar-refractivity contribution is 5.79. The van der Waals surface area contributed by atoms with Gasteiger partial charge in [-0.15, -0.1) is 0 Å². The van der Waals surface area contributed by atoms with E-state index in [9.17, 15) is 0 Å². The van der Waals surface area contributed by atoms with Crippen molar-refractivity contribution in [2.24, 2.45) is 4.99 Å². The van der Waals surface area contributed by atoms with Gasteiger partial charge in [0.15, 0.2) is 5.96 Å². The van der Waals surface area contributed by atoms with E-state index in [4.69, 9.17) is 13.9 Å². The fraction of sp³-hybridized carbons (Fsp3) is 0.524. The van der Waals surface area contributed by atoms with Crippen molar-refractivity contribution in [1.82, 2.24) is 15.6 Å². The Balaban J connectivity index is 2.02. The lowest BCUT2D eigenvalue weighted by Gasteiger charge is -2.13. The van der Waals surface area contributed by atoms with Gasteiger partial charge in [0.1, 0.15) is 18.1 Å². The summed E-state index contributed by atoms with van der Waals surface area (Å²) in [7, 11) is 0. The standard InChI is InChI=1S/C21H32N4O3/c1-6-22-21(24-14-20-25-16(4)17(5)28-20)23-13-18-9-8-15(3)12-19(18)27-11-10-26-7-2/h8-9,12H,6-7,10-11,13-14H2,1-5H3,(H2,22,23,24). The number of oxazole rings is 1. The Hall–Kier alpha value is -2.54. The second kappa shape index (κ2) is 11.3. The third kappa shape index (κ3) is 6.88. The van der Waals surface area contributed by atoms with Gasteiger partial charge in [-0.05, 0) is 46.2 Å². The monoisotopic (exact) mass is 388 g/mol. The third-order valence-corrected chi connectivity index (χ3v) is 4.14. The summed E-state index contributed by atoms with van der Waals surface area (Å²) >= 11 is 0. The molecule has 154 valence electrons. The number of guanidine groups is 1. The fourth-order valence-corrected chi connectivity index (χ4v) is 2.56. The van der Waals surface area contributed by atoms with Gasteiger partial charge in [-0.25, -0.2) is 9.98 Å². The first-order valence-electron chi connectivity index (χ1n) is 9.78. The molecule has 0 saturated heterocycles. The summed E-state index contributed by atoms with van der Waals surface area (Å²) in [5, 5.41) is 6.50. The van der Waals surface area contributed by atoms with E-state index in [0.29, 0.717) is 44.8 Å². The Labute approximate surface area is 167 Å². The molecule has 0 saturated carbocycles. The lowest BCUT2D eigenvalue weighted by Crippen LogP contribution is -2.36. The number of benzene rings is 1. The normalized spacial score (nSPS) is 11.5. The second-order valence-electron chi connectivity index (χ2n) is 6.45. The Morgan fingerprint density at radius 1 is 1.14 bits per heavy atom. The van der Waals surface area contributed by atoms with E-state index in [0.717, 1.165) is 34.9 Å². The van der Waals surface area contributed by atoms with Crippen molar-refractivity contribution in [3.05, 3.63) is 46.7 Å². The van der Waals surface area contributed by atoms with Crippen LogP contribution in [0.15, 0.2) is 27.6 Å². The van der Waals surface area contributed by atoms with Gasteiger partial charge in [-0.2, -0.15) is 0 Å². The maximum absolute atomic E-state index is 5.90. The highest BCUT2D eigenvalue weighted by Crippen LogP contribution is 2.21.